The summed E-state index contributed by atoms with van der Waals surface area (Å²) in [6.07, 6.45) is 4.93. The van der Waals surface area contributed by atoms with Crippen LogP contribution in [-0.4, -0.2) is 57.7 Å². The highest BCUT2D eigenvalue weighted by Gasteiger charge is 2.26. The molecule has 1 fully saturated rings. The summed E-state index contributed by atoms with van der Waals surface area (Å²) >= 11 is 0. The lowest BCUT2D eigenvalue weighted by atomic mass is 10.1. The lowest BCUT2D eigenvalue weighted by molar-refractivity contribution is 0.0688. The first-order valence-electron chi connectivity index (χ1n) is 10.4. The van der Waals surface area contributed by atoms with Gasteiger partial charge in [0.1, 0.15) is 16.2 Å². The summed E-state index contributed by atoms with van der Waals surface area (Å²) in [5, 5.41) is 7.48. The Morgan fingerprint density at radius 3 is 2.81 bits per heavy atom. The molecule has 1 aromatic carbocycles. The van der Waals surface area contributed by atoms with Gasteiger partial charge in [0.15, 0.2) is 0 Å². The summed E-state index contributed by atoms with van der Waals surface area (Å²) in [6, 6.07) is 5.38. The van der Waals surface area contributed by atoms with Crippen molar-refractivity contribution >= 4 is 32.0 Å². The molecular formula is C21H24N6O4S. The zero-order valence-corrected chi connectivity index (χ0v) is 18.6. The van der Waals surface area contributed by atoms with E-state index in [2.05, 4.69) is 20.2 Å². The molecule has 1 aliphatic heterocycles. The minimum atomic E-state index is -3.82. The van der Waals surface area contributed by atoms with Crippen molar-refractivity contribution in [1.82, 2.24) is 29.0 Å². The maximum absolute atomic E-state index is 13.3. The molecule has 0 bridgehead atoms. The molecule has 0 spiro atoms. The van der Waals surface area contributed by atoms with Gasteiger partial charge in [-0.25, -0.2) is 13.4 Å². The fourth-order valence-corrected chi connectivity index (χ4v) is 5.61. The van der Waals surface area contributed by atoms with Gasteiger partial charge in [-0.1, -0.05) is 0 Å². The number of rotatable bonds is 5. The smallest absolute Gasteiger partial charge is 0.276 e. The highest BCUT2D eigenvalue weighted by molar-refractivity contribution is 7.89. The first-order chi connectivity index (χ1) is 15.3. The maximum atomic E-state index is 13.3. The molecule has 0 amide bonds. The number of sulfonamides is 1. The predicted octanol–water partition coefficient (Wildman–Crippen LogP) is 2.08. The topological polar surface area (TPSA) is 126 Å². The van der Waals surface area contributed by atoms with Crippen LogP contribution in [0, 0.1) is 6.92 Å². The number of hydrogen-bond acceptors (Lipinski definition) is 6. The summed E-state index contributed by atoms with van der Waals surface area (Å²) in [6.45, 7) is 3.11. The van der Waals surface area contributed by atoms with Gasteiger partial charge in [-0.2, -0.15) is 9.40 Å². The number of aryl methyl sites for hydroxylation is 1. The van der Waals surface area contributed by atoms with E-state index in [9.17, 15) is 13.2 Å². The standard InChI is InChI=1S/C21H24N6O4S/c1-13-9-14-11-22-25-19(14)17(10-13)32(29,30)26(2)12-18-23-16-3-6-27(21(28)20(16)24-18)15-4-7-31-8-5-15/h3,6,9-11,15H,4-5,7-8,12H2,1-2H3,(H,22,25)(H,23,24). The summed E-state index contributed by atoms with van der Waals surface area (Å²) in [5.41, 5.74) is 2.03. The van der Waals surface area contributed by atoms with E-state index >= 15 is 0 Å². The molecule has 0 aliphatic carbocycles. The van der Waals surface area contributed by atoms with Gasteiger partial charge in [-0.3, -0.25) is 9.89 Å². The number of fused-ring (bicyclic) bond motifs is 2. The van der Waals surface area contributed by atoms with Crippen LogP contribution in [-0.2, 0) is 21.3 Å². The second-order valence-electron chi connectivity index (χ2n) is 8.17. The number of ether oxygens (including phenoxy) is 1. The molecule has 32 heavy (non-hydrogen) atoms. The van der Waals surface area contributed by atoms with Crippen molar-refractivity contribution in [1.29, 1.82) is 0 Å². The quantitative estimate of drug-likeness (QED) is 0.474. The van der Waals surface area contributed by atoms with Gasteiger partial charge in [0.2, 0.25) is 10.0 Å². The summed E-state index contributed by atoms with van der Waals surface area (Å²) in [4.78, 5) is 20.7. The molecule has 3 aromatic heterocycles. The van der Waals surface area contributed by atoms with Crippen molar-refractivity contribution in [3.05, 3.63) is 52.3 Å². The number of benzene rings is 1. The Morgan fingerprint density at radius 2 is 2.03 bits per heavy atom. The number of aromatic nitrogens is 5. The zero-order chi connectivity index (χ0) is 22.5. The summed E-state index contributed by atoms with van der Waals surface area (Å²) < 4.78 is 34.9. The van der Waals surface area contributed by atoms with Crippen molar-refractivity contribution in [3.63, 3.8) is 0 Å². The van der Waals surface area contributed by atoms with Crippen LogP contribution in [0.5, 0.6) is 0 Å². The zero-order valence-electron chi connectivity index (χ0n) is 17.8. The fraction of sp³-hybridized carbons (Fsp3) is 0.381. The predicted molar refractivity (Wildman–Crippen MR) is 119 cm³/mol. The molecule has 11 heteroatoms. The van der Waals surface area contributed by atoms with Crippen LogP contribution < -0.4 is 5.56 Å². The fourth-order valence-electron chi connectivity index (χ4n) is 4.23. The maximum Gasteiger partial charge on any atom is 0.276 e. The van der Waals surface area contributed by atoms with E-state index in [-0.39, 0.29) is 23.0 Å². The van der Waals surface area contributed by atoms with E-state index in [1.807, 2.05) is 13.0 Å². The number of aromatic amines is 2. The second-order valence-corrected chi connectivity index (χ2v) is 10.2. The molecular weight excluding hydrogens is 432 g/mol. The lowest BCUT2D eigenvalue weighted by Crippen LogP contribution is -2.29. The van der Waals surface area contributed by atoms with Crippen LogP contribution in [0.4, 0.5) is 0 Å². The van der Waals surface area contributed by atoms with E-state index in [1.165, 1.54) is 11.4 Å². The molecule has 0 radical (unpaired) electrons. The first kappa shape index (κ1) is 20.9. The molecule has 5 rings (SSSR count). The Balaban J connectivity index is 1.46. The average molecular weight is 457 g/mol. The minimum absolute atomic E-state index is 0.00268. The molecule has 0 saturated carbocycles. The third-order valence-corrected chi connectivity index (χ3v) is 7.75. The van der Waals surface area contributed by atoms with E-state index in [4.69, 9.17) is 4.74 Å². The first-order valence-corrected chi connectivity index (χ1v) is 11.9. The number of nitrogens with zero attached hydrogens (tertiary/aromatic N) is 4. The molecule has 0 unspecified atom stereocenters. The molecule has 4 heterocycles. The number of pyridine rings is 1. The van der Waals surface area contributed by atoms with Gasteiger partial charge in [-0.05, 0) is 43.5 Å². The highest BCUT2D eigenvalue weighted by atomic mass is 32.2. The second kappa shape index (κ2) is 7.84. The minimum Gasteiger partial charge on any atom is -0.381 e. The van der Waals surface area contributed by atoms with E-state index in [1.54, 1.807) is 29.1 Å². The Morgan fingerprint density at radius 1 is 1.25 bits per heavy atom. The molecule has 168 valence electrons. The third kappa shape index (κ3) is 3.51. The molecule has 4 aromatic rings. The van der Waals surface area contributed by atoms with Crippen LogP contribution in [0.1, 0.15) is 30.3 Å². The van der Waals surface area contributed by atoms with Gasteiger partial charge in [0.25, 0.3) is 5.56 Å². The lowest BCUT2D eigenvalue weighted by Gasteiger charge is -2.23. The SMILES string of the molecule is Cc1cc(S(=O)(=O)N(C)Cc2nc3ccn(C4CCOCC4)c(=O)c3[nH]2)c2[nH]ncc2c1. The largest absolute Gasteiger partial charge is 0.381 e. The van der Waals surface area contributed by atoms with Crippen LogP contribution in [0.3, 0.4) is 0 Å². The molecule has 1 saturated heterocycles. The Kier molecular flexibility index (Phi) is 5.11. The van der Waals surface area contributed by atoms with Gasteiger partial charge in [0, 0.05) is 37.9 Å². The highest BCUT2D eigenvalue weighted by Crippen LogP contribution is 2.26. The Hall–Kier alpha value is -3.02. The normalized spacial score (nSPS) is 15.8. The summed E-state index contributed by atoms with van der Waals surface area (Å²) in [7, 11) is -2.33. The number of nitrogens with one attached hydrogen (secondary N) is 2. The Labute approximate surface area is 184 Å². The molecule has 10 nitrogen and oxygen atoms in total. The van der Waals surface area contributed by atoms with Crippen molar-refractivity contribution in [2.75, 3.05) is 20.3 Å². The number of hydrogen-bond donors (Lipinski definition) is 2. The molecule has 2 N–H and O–H groups in total. The third-order valence-electron chi connectivity index (χ3n) is 5.92. The van der Waals surface area contributed by atoms with Crippen molar-refractivity contribution in [2.24, 2.45) is 0 Å². The van der Waals surface area contributed by atoms with Crippen molar-refractivity contribution in [2.45, 2.75) is 37.2 Å². The van der Waals surface area contributed by atoms with Gasteiger partial charge in [0.05, 0.1) is 23.8 Å². The van der Waals surface area contributed by atoms with Gasteiger partial charge >= 0.3 is 0 Å². The van der Waals surface area contributed by atoms with Gasteiger partial charge in [-0.15, -0.1) is 0 Å². The van der Waals surface area contributed by atoms with Crippen LogP contribution in [0.25, 0.3) is 21.9 Å². The van der Waals surface area contributed by atoms with Gasteiger partial charge < -0.3 is 14.3 Å². The van der Waals surface area contributed by atoms with Crippen molar-refractivity contribution in [3.8, 4) is 0 Å². The molecule has 1 aliphatic rings. The van der Waals surface area contributed by atoms with Crippen LogP contribution in [0.15, 0.2) is 40.3 Å². The van der Waals surface area contributed by atoms with E-state index < -0.39 is 10.0 Å². The van der Waals surface area contributed by atoms with Crippen molar-refractivity contribution < 1.29 is 13.2 Å². The van der Waals surface area contributed by atoms with Crippen LogP contribution >= 0.6 is 0 Å². The average Bonchev–Trinajstić information content (AvgIpc) is 3.41. The van der Waals surface area contributed by atoms with E-state index in [0.717, 1.165) is 23.8 Å². The van der Waals surface area contributed by atoms with Crippen LogP contribution in [0.2, 0.25) is 0 Å². The number of H-pyrrole nitrogens is 2. The Bertz CT molecular complexity index is 1460. The summed E-state index contributed by atoms with van der Waals surface area (Å²) in [5.74, 6) is 0.404. The van der Waals surface area contributed by atoms with E-state index in [0.29, 0.717) is 35.6 Å². The number of imidazole rings is 1. The molecule has 0 atom stereocenters. The monoisotopic (exact) mass is 456 g/mol.